The number of halogens is 4. The standard InChI is InChI=1S/C12H20.C12H22.C11H19F.C10H16F2.C10H17F.C10H14.C9H16O.4C9H16.C8H14/c1-9(2)11-6-12(7-11,8-11)10-4-3-5-10;1-10(2)12-7-4-11(3,5-8-12)6-9-12;1-9(2)10-3-6-11(12,7-4-10)8-5-10;1-7(2)9-4-10(5-9,6-9)8(3,11)12;1-7(2)9-4-10(5-9,6-9)8(3)11;1-4-9-5-10(6-9,7-9)8(2)3;1-7(2)8-4-9(5-8,6-8)10-3;4*1-7(2)9-4-8(3,5-9)6-9;1-6(2)8-3-7(4-8)5-8/h9-10H,3-8H2,1-2H3;10H,4-9H2,1-3H3;9H,3-8H2,1-2H3;7H,4-6H2,1-3H3;7-8H,4-6H2,1-3H3;1,8H,5-7H2,2-3H3;7H,4-6H2,1-3H3;4*7H,4-6H2,1-3H3;6-7H,3-5H2,1-2H3. The van der Waals surface area contributed by atoms with E-state index >= 15 is 0 Å². The number of alkyl halides is 4. The average Bonchev–Trinajstić information content (AvgIpc) is 0.661. The van der Waals surface area contributed by atoms with Crippen LogP contribution in [0.2, 0.25) is 0 Å². The molecule has 708 valence electrons. The third-order valence-corrected chi connectivity index (χ3v) is 47.9. The molecule has 5 heteroatoms. The molecule has 0 radical (unpaired) electrons. The fourth-order valence-corrected chi connectivity index (χ4v) is 35.8. The molecule has 37 rings (SSSR count). The second-order valence-corrected chi connectivity index (χ2v) is 59.6. The molecule has 37 saturated carbocycles. The van der Waals surface area contributed by atoms with Gasteiger partial charge in [-0.25, -0.2) is 17.6 Å². The zero-order chi connectivity index (χ0) is 90.9. The Labute approximate surface area is 760 Å². The molecule has 0 saturated heterocycles. The van der Waals surface area contributed by atoms with Crippen molar-refractivity contribution < 1.29 is 22.3 Å². The van der Waals surface area contributed by atoms with E-state index < -0.39 is 23.2 Å². The van der Waals surface area contributed by atoms with Gasteiger partial charge in [0, 0.05) is 23.4 Å². The summed E-state index contributed by atoms with van der Waals surface area (Å²) in [5, 5.41) is 0. The zero-order valence-corrected chi connectivity index (χ0v) is 87.5. The molecule has 1 atom stereocenters. The summed E-state index contributed by atoms with van der Waals surface area (Å²) >= 11 is 0. The van der Waals surface area contributed by atoms with Crippen molar-refractivity contribution in [2.75, 3.05) is 7.11 Å². The Hall–Kier alpha value is -0.760. The Morgan fingerprint density at radius 2 is 0.545 bits per heavy atom. The zero-order valence-electron chi connectivity index (χ0n) is 87.5. The summed E-state index contributed by atoms with van der Waals surface area (Å²) in [6.07, 6.45) is 66.0. The van der Waals surface area contributed by atoms with Crippen LogP contribution in [0.3, 0.4) is 0 Å². The van der Waals surface area contributed by atoms with Crippen LogP contribution in [-0.4, -0.2) is 30.5 Å². The molecule has 0 aromatic carbocycles. The maximum atomic E-state index is 13.8. The minimum absolute atomic E-state index is 0.143. The first-order valence-corrected chi connectivity index (χ1v) is 54.1. The van der Waals surface area contributed by atoms with Crippen molar-refractivity contribution in [1.29, 1.82) is 0 Å². The van der Waals surface area contributed by atoms with Crippen molar-refractivity contribution >= 4 is 0 Å². The SMILES string of the molecule is C#CC12CC(C(C)C)(C1)C2.CC(C)C12CC(C(C)(F)F)(C1)C2.CC(C)C12CC(C(C)F)(C1)C2.CC(C)C12CC(C)(C1)C2.CC(C)C12CC(C)(C1)C2.CC(C)C12CC(C)(C1)C2.CC(C)C12CC(C)(C1)C2.CC(C)C12CC(C1)C2.CC(C)C12CC(C3CCC3)(C1)C2.CC(C)C12CCC(C)(CC1)CC2.CC(C)C12CCC(F)(CC1)CC2.COC12CC(C(C)C)(C1)C2. The Bertz CT molecular complexity index is 3300. The number of hydrogen-bond donors (Lipinski definition) is 0. The largest absolute Gasteiger partial charge is 0.378 e. The molecule has 37 aliphatic rings. The van der Waals surface area contributed by atoms with Gasteiger partial charge in [-0.3, -0.25) is 0 Å². The van der Waals surface area contributed by atoms with Gasteiger partial charge in [0.2, 0.25) is 0 Å². The summed E-state index contributed by atoms with van der Waals surface area (Å²) in [6.45, 7) is 71.2. The first-order valence-electron chi connectivity index (χ1n) is 54.1. The minimum atomic E-state index is -2.44. The van der Waals surface area contributed by atoms with Crippen LogP contribution in [0, 0.1) is 209 Å². The highest BCUT2D eigenvalue weighted by Gasteiger charge is 2.78. The van der Waals surface area contributed by atoms with Gasteiger partial charge in [0.25, 0.3) is 5.92 Å². The molecule has 0 aliphatic heterocycles. The van der Waals surface area contributed by atoms with Crippen molar-refractivity contribution in [3.63, 3.8) is 0 Å². The van der Waals surface area contributed by atoms with E-state index in [4.69, 9.17) is 11.2 Å². The summed E-state index contributed by atoms with van der Waals surface area (Å²) in [6, 6.07) is 0. The van der Waals surface area contributed by atoms with Crippen LogP contribution < -0.4 is 0 Å². The molecule has 0 aromatic rings. The lowest BCUT2D eigenvalue weighted by molar-refractivity contribution is -0.323. The predicted octanol–water partition coefficient (Wildman–Crippen LogP) is 36.4. The van der Waals surface area contributed by atoms with Gasteiger partial charge in [0.05, 0.1) is 5.60 Å². The van der Waals surface area contributed by atoms with Gasteiger partial charge >= 0.3 is 0 Å². The molecule has 0 aromatic heterocycles. The monoisotopic (exact) mass is 1710 g/mol. The lowest BCUT2D eigenvalue weighted by atomic mass is 9.28. The molecule has 0 spiro atoms. The molecule has 37 fully saturated rings. The summed E-state index contributed by atoms with van der Waals surface area (Å²) in [4.78, 5) is 0. The van der Waals surface area contributed by atoms with E-state index in [0.29, 0.717) is 44.0 Å². The van der Waals surface area contributed by atoms with E-state index in [1.165, 1.54) is 161 Å². The van der Waals surface area contributed by atoms with Crippen LogP contribution >= 0.6 is 0 Å². The highest BCUT2D eigenvalue weighted by molar-refractivity contribution is 5.30. The first-order chi connectivity index (χ1) is 56.4. The Morgan fingerprint density at radius 3 is 0.740 bits per heavy atom. The van der Waals surface area contributed by atoms with Crippen LogP contribution in [0.5, 0.6) is 0 Å². The van der Waals surface area contributed by atoms with Crippen molar-refractivity contribution in [1.82, 2.24) is 0 Å². The molecule has 24 bridgehead atoms. The fourth-order valence-electron chi connectivity index (χ4n) is 35.8. The predicted molar refractivity (Wildman–Crippen MR) is 516 cm³/mol. The van der Waals surface area contributed by atoms with Gasteiger partial charge in [0.15, 0.2) is 0 Å². The Kier molecular flexibility index (Phi) is 25.3. The number of rotatable bonds is 16. The molecular formula is C118H202F4O. The molecule has 0 N–H and O–H groups in total. The van der Waals surface area contributed by atoms with E-state index in [1.807, 2.05) is 7.11 Å². The Balaban J connectivity index is 0.000000110. The van der Waals surface area contributed by atoms with Crippen molar-refractivity contribution in [3.05, 3.63) is 0 Å². The summed E-state index contributed by atoms with van der Waals surface area (Å²) in [7, 11) is 1.85. The van der Waals surface area contributed by atoms with Gasteiger partial charge in [-0.15, -0.1) is 6.42 Å². The number of hydrogen-bond acceptors (Lipinski definition) is 1. The van der Waals surface area contributed by atoms with Gasteiger partial charge in [-0.1, -0.05) is 213 Å². The lowest BCUT2D eigenvalue weighted by Crippen LogP contribution is -2.70. The number of methoxy groups -OCH3 is 1. The summed E-state index contributed by atoms with van der Waals surface area (Å²) < 4.78 is 58.2. The topological polar surface area (TPSA) is 9.23 Å². The lowest BCUT2D eigenvalue weighted by Gasteiger charge is -2.77. The molecule has 37 aliphatic carbocycles. The van der Waals surface area contributed by atoms with Gasteiger partial charge in [0.1, 0.15) is 11.8 Å². The van der Waals surface area contributed by atoms with Crippen molar-refractivity contribution in [2.24, 2.45) is 197 Å². The second kappa shape index (κ2) is 31.7. The number of fused-ring (bicyclic) bond motifs is 6. The van der Waals surface area contributed by atoms with Crippen LogP contribution in [0.15, 0.2) is 0 Å². The maximum Gasteiger partial charge on any atom is 0.250 e. The maximum absolute atomic E-state index is 13.8. The third-order valence-electron chi connectivity index (χ3n) is 47.9. The van der Waals surface area contributed by atoms with Crippen LogP contribution in [-0.2, 0) is 4.74 Å². The van der Waals surface area contributed by atoms with Gasteiger partial charge in [-0.2, -0.15) is 0 Å². The summed E-state index contributed by atoms with van der Waals surface area (Å²) in [5.74, 6) is 13.2. The fraction of sp³-hybridized carbons (Fsp3) is 0.983. The van der Waals surface area contributed by atoms with Crippen molar-refractivity contribution in [2.45, 2.75) is 527 Å². The van der Waals surface area contributed by atoms with E-state index in [1.54, 1.807) is 58.3 Å². The van der Waals surface area contributed by atoms with Gasteiger partial charge < -0.3 is 4.74 Å². The van der Waals surface area contributed by atoms with Crippen LogP contribution in [0.4, 0.5) is 17.6 Å². The quantitative estimate of drug-likeness (QED) is 0.111. The molecule has 1 nitrogen and oxygen atoms in total. The van der Waals surface area contributed by atoms with Crippen molar-refractivity contribution in [3.8, 4) is 12.3 Å². The van der Waals surface area contributed by atoms with Crippen LogP contribution in [0.25, 0.3) is 0 Å². The highest BCUT2D eigenvalue weighted by Crippen LogP contribution is 2.84. The molecular weight excluding hydrogens is 1510 g/mol. The highest BCUT2D eigenvalue weighted by atomic mass is 19.3. The van der Waals surface area contributed by atoms with Gasteiger partial charge in [-0.05, 0) is 477 Å². The van der Waals surface area contributed by atoms with E-state index in [0.717, 1.165) is 231 Å². The van der Waals surface area contributed by atoms with E-state index in [2.05, 4.69) is 207 Å². The van der Waals surface area contributed by atoms with E-state index in [-0.39, 0.29) is 5.41 Å². The number of terminal acetylenes is 1. The normalized spacial score (nSPS) is 50.5. The molecule has 0 amide bonds. The first kappa shape index (κ1) is 98.2. The van der Waals surface area contributed by atoms with E-state index in [9.17, 15) is 17.6 Å². The second-order valence-electron chi connectivity index (χ2n) is 59.6. The molecule has 123 heavy (non-hydrogen) atoms. The number of ether oxygens (including phenoxy) is 1. The molecule has 1 unspecified atom stereocenters. The third kappa shape index (κ3) is 16.5. The Morgan fingerprint density at radius 1 is 0.301 bits per heavy atom. The average molecular weight is 1710 g/mol. The molecule has 0 heterocycles. The minimum Gasteiger partial charge on any atom is -0.378 e. The summed E-state index contributed by atoms with van der Waals surface area (Å²) in [5.41, 5.74) is 13.0. The smallest absolute Gasteiger partial charge is 0.250 e. The van der Waals surface area contributed by atoms with Crippen LogP contribution in [0.1, 0.15) is 504 Å².